The van der Waals surface area contributed by atoms with E-state index in [1.54, 1.807) is 9.80 Å². The molecule has 21 heavy (non-hydrogen) atoms. The summed E-state index contributed by atoms with van der Waals surface area (Å²) in [5.74, 6) is 0.0448. The van der Waals surface area contributed by atoms with Crippen LogP contribution in [0.15, 0.2) is 0 Å². The lowest BCUT2D eigenvalue weighted by atomic mass is 10.0. The standard InChI is InChI=1S/C15H26N2O2.2ClH/c1-16-12-4-5-13(16)11-14(10-12)19-15(18)6-9-17-7-2-3-8-17;;/h12-14H,2-11H2,1H3;2*1H. The number of ether oxygens (including phenoxy) is 1. The lowest BCUT2D eigenvalue weighted by Crippen LogP contribution is -3.15. The fraction of sp³-hybridized carbons (Fsp3) is 0.933. The van der Waals surface area contributed by atoms with Crippen molar-refractivity contribution in [2.24, 2.45) is 0 Å². The molecular weight excluding hydrogens is 311 g/mol. The first-order chi connectivity index (χ1) is 9.22. The average Bonchev–Trinajstić information content (AvgIpc) is 2.95. The van der Waals surface area contributed by atoms with Gasteiger partial charge in [0.2, 0.25) is 0 Å². The van der Waals surface area contributed by atoms with Gasteiger partial charge in [-0.2, -0.15) is 0 Å². The Kier molecular flexibility index (Phi) is 7.75. The van der Waals surface area contributed by atoms with Crippen LogP contribution in [0.4, 0.5) is 0 Å². The molecule has 3 saturated heterocycles. The Labute approximate surface area is 140 Å². The molecule has 0 spiro atoms. The molecule has 6 heteroatoms. The predicted molar refractivity (Wildman–Crippen MR) is 72.2 cm³/mol. The van der Waals surface area contributed by atoms with Crippen LogP contribution in [0.1, 0.15) is 44.9 Å². The Balaban J connectivity index is 0.00000110. The van der Waals surface area contributed by atoms with Crippen LogP contribution in [0.2, 0.25) is 0 Å². The summed E-state index contributed by atoms with van der Waals surface area (Å²) >= 11 is 0. The van der Waals surface area contributed by atoms with Crippen molar-refractivity contribution in [3.8, 4) is 0 Å². The highest BCUT2D eigenvalue weighted by Crippen LogP contribution is 2.24. The number of esters is 1. The van der Waals surface area contributed by atoms with Gasteiger partial charge in [-0.15, -0.1) is 0 Å². The number of carbonyl (C=O) groups excluding carboxylic acids is 1. The summed E-state index contributed by atoms with van der Waals surface area (Å²) in [6.45, 7) is 3.47. The zero-order chi connectivity index (χ0) is 13.2. The number of rotatable bonds is 4. The van der Waals surface area contributed by atoms with E-state index in [0.717, 1.165) is 31.5 Å². The van der Waals surface area contributed by atoms with Crippen LogP contribution in [-0.2, 0) is 9.53 Å². The summed E-state index contributed by atoms with van der Waals surface area (Å²) in [5.41, 5.74) is 0. The third-order valence-electron chi connectivity index (χ3n) is 5.54. The normalized spacial score (nSPS) is 34.9. The Hall–Kier alpha value is -0.0300. The van der Waals surface area contributed by atoms with Gasteiger partial charge in [-0.3, -0.25) is 4.79 Å². The molecule has 2 atom stereocenters. The van der Waals surface area contributed by atoms with Crippen LogP contribution in [0.5, 0.6) is 0 Å². The molecule has 124 valence electrons. The lowest BCUT2D eigenvalue weighted by molar-refractivity contribution is -0.923. The summed E-state index contributed by atoms with van der Waals surface area (Å²) in [4.78, 5) is 15.2. The van der Waals surface area contributed by atoms with Crippen molar-refractivity contribution in [3.05, 3.63) is 0 Å². The van der Waals surface area contributed by atoms with Gasteiger partial charge in [0.1, 0.15) is 6.10 Å². The van der Waals surface area contributed by atoms with Crippen LogP contribution >= 0.6 is 0 Å². The number of nitrogens with one attached hydrogen (secondary N) is 2. The average molecular weight is 339 g/mol. The number of fused-ring (bicyclic) bond motifs is 2. The minimum absolute atomic E-state index is 0. The number of hydrogen-bond donors (Lipinski definition) is 2. The van der Waals surface area contributed by atoms with E-state index in [2.05, 4.69) is 7.05 Å². The van der Waals surface area contributed by atoms with Gasteiger partial charge in [0, 0.05) is 38.5 Å². The Morgan fingerprint density at radius 1 is 1.10 bits per heavy atom. The van der Waals surface area contributed by atoms with Crippen LogP contribution in [0, 0.1) is 0 Å². The third-order valence-corrected chi connectivity index (χ3v) is 5.54. The molecule has 0 aromatic carbocycles. The van der Waals surface area contributed by atoms with E-state index in [4.69, 9.17) is 4.74 Å². The van der Waals surface area contributed by atoms with Crippen molar-refractivity contribution in [1.29, 1.82) is 0 Å². The molecule has 2 bridgehead atoms. The van der Waals surface area contributed by atoms with E-state index in [1.165, 1.54) is 38.8 Å². The highest BCUT2D eigenvalue weighted by atomic mass is 35.5. The monoisotopic (exact) mass is 338 g/mol. The molecular formula is C15H28Cl2N2O2. The van der Waals surface area contributed by atoms with Gasteiger partial charge >= 0.3 is 5.97 Å². The maximum atomic E-state index is 11.9. The minimum Gasteiger partial charge on any atom is -1.00 e. The van der Waals surface area contributed by atoms with Crippen molar-refractivity contribution in [2.75, 3.05) is 26.7 Å². The van der Waals surface area contributed by atoms with E-state index >= 15 is 0 Å². The first kappa shape index (κ1) is 19.0. The zero-order valence-corrected chi connectivity index (χ0v) is 14.4. The molecule has 4 nitrogen and oxygen atoms in total. The Bertz CT molecular complexity index is 324. The van der Waals surface area contributed by atoms with Gasteiger partial charge in [0.05, 0.1) is 45.2 Å². The van der Waals surface area contributed by atoms with Crippen molar-refractivity contribution < 1.29 is 44.1 Å². The maximum Gasteiger partial charge on any atom is 0.311 e. The van der Waals surface area contributed by atoms with Crippen molar-refractivity contribution in [2.45, 2.75) is 63.1 Å². The second kappa shape index (κ2) is 8.56. The molecule has 0 radical (unpaired) electrons. The molecule has 3 aliphatic heterocycles. The van der Waals surface area contributed by atoms with E-state index < -0.39 is 0 Å². The largest absolute Gasteiger partial charge is 1.00 e. The van der Waals surface area contributed by atoms with Gasteiger partial charge in [0.15, 0.2) is 0 Å². The topological polar surface area (TPSA) is 35.2 Å². The quantitative estimate of drug-likeness (QED) is 0.500. The molecule has 2 unspecified atom stereocenters. The number of hydrogen-bond acceptors (Lipinski definition) is 2. The van der Waals surface area contributed by atoms with Crippen LogP contribution in [0.25, 0.3) is 0 Å². The lowest BCUT2D eigenvalue weighted by Gasteiger charge is -2.33. The molecule has 3 heterocycles. The van der Waals surface area contributed by atoms with Gasteiger partial charge < -0.3 is 39.4 Å². The second-order valence-corrected chi connectivity index (χ2v) is 6.76. The zero-order valence-electron chi connectivity index (χ0n) is 12.9. The highest BCUT2D eigenvalue weighted by Gasteiger charge is 2.43. The van der Waals surface area contributed by atoms with E-state index in [0.29, 0.717) is 6.42 Å². The smallest absolute Gasteiger partial charge is 0.311 e. The summed E-state index contributed by atoms with van der Waals surface area (Å²) in [6.07, 6.45) is 8.29. The Morgan fingerprint density at radius 2 is 1.67 bits per heavy atom. The molecule has 0 saturated carbocycles. The van der Waals surface area contributed by atoms with Crippen LogP contribution in [-0.4, -0.2) is 50.8 Å². The van der Waals surface area contributed by atoms with E-state index in [9.17, 15) is 4.79 Å². The summed E-state index contributed by atoms with van der Waals surface area (Å²) < 4.78 is 5.71. The molecule has 3 aliphatic rings. The fourth-order valence-electron chi connectivity index (χ4n) is 4.27. The number of piperidine rings is 1. The van der Waals surface area contributed by atoms with Crippen molar-refractivity contribution in [3.63, 3.8) is 0 Å². The predicted octanol–water partition coefficient (Wildman–Crippen LogP) is -7.19. The first-order valence-corrected chi connectivity index (χ1v) is 8.09. The number of quaternary nitrogens is 2. The fourth-order valence-corrected chi connectivity index (χ4v) is 4.27. The number of likely N-dealkylation sites (tertiary alicyclic amines) is 1. The van der Waals surface area contributed by atoms with Gasteiger partial charge in [-0.25, -0.2) is 0 Å². The van der Waals surface area contributed by atoms with E-state index in [-0.39, 0.29) is 36.9 Å². The molecule has 0 aliphatic carbocycles. The highest BCUT2D eigenvalue weighted by molar-refractivity contribution is 5.69. The van der Waals surface area contributed by atoms with Crippen LogP contribution in [0.3, 0.4) is 0 Å². The summed E-state index contributed by atoms with van der Waals surface area (Å²) in [7, 11) is 2.30. The summed E-state index contributed by atoms with van der Waals surface area (Å²) in [5, 5.41) is 0. The molecule has 3 fully saturated rings. The van der Waals surface area contributed by atoms with Crippen LogP contribution < -0.4 is 34.6 Å². The first-order valence-electron chi connectivity index (χ1n) is 8.09. The molecule has 2 N–H and O–H groups in total. The van der Waals surface area contributed by atoms with Crippen molar-refractivity contribution >= 4 is 5.97 Å². The molecule has 0 amide bonds. The maximum absolute atomic E-state index is 11.9. The van der Waals surface area contributed by atoms with Gasteiger partial charge in [0.25, 0.3) is 0 Å². The Morgan fingerprint density at radius 3 is 2.24 bits per heavy atom. The van der Waals surface area contributed by atoms with Gasteiger partial charge in [-0.05, 0) is 0 Å². The molecule has 0 aromatic rings. The van der Waals surface area contributed by atoms with Crippen molar-refractivity contribution in [1.82, 2.24) is 0 Å². The summed E-state index contributed by atoms with van der Waals surface area (Å²) in [6, 6.07) is 1.47. The second-order valence-electron chi connectivity index (χ2n) is 6.76. The minimum atomic E-state index is 0. The third kappa shape index (κ3) is 4.72. The SMILES string of the molecule is C[NH+]1C2CCC1CC(OC(=O)CC[NH+]1CCCC1)C2.[Cl-].[Cl-]. The number of carbonyl (C=O) groups is 1. The molecule has 0 aromatic heterocycles. The number of halogens is 2. The van der Waals surface area contributed by atoms with E-state index in [1.807, 2.05) is 0 Å². The van der Waals surface area contributed by atoms with Gasteiger partial charge in [-0.1, -0.05) is 0 Å². The molecule has 3 rings (SSSR count).